The summed E-state index contributed by atoms with van der Waals surface area (Å²) in [5.74, 6) is -0.857. The number of benzene rings is 1. The highest BCUT2D eigenvalue weighted by molar-refractivity contribution is 6.06. The number of hydrogen-bond donors (Lipinski definition) is 2. The zero-order chi connectivity index (χ0) is 18.5. The van der Waals surface area contributed by atoms with Crippen LogP contribution in [0.25, 0.3) is 0 Å². The Bertz CT molecular complexity index is 706. The summed E-state index contributed by atoms with van der Waals surface area (Å²) in [6.07, 6.45) is 0.612. The van der Waals surface area contributed by atoms with Gasteiger partial charge in [-0.05, 0) is 18.6 Å². The van der Waals surface area contributed by atoms with Crippen molar-refractivity contribution in [1.29, 1.82) is 0 Å². The van der Waals surface area contributed by atoms with Gasteiger partial charge in [-0.15, -0.1) is 0 Å². The number of nitrogens with zero attached hydrogens (tertiary/aromatic N) is 1. The molecule has 0 unspecified atom stereocenters. The summed E-state index contributed by atoms with van der Waals surface area (Å²) in [5.41, 5.74) is 2.33. The molecule has 1 fully saturated rings. The van der Waals surface area contributed by atoms with Gasteiger partial charge < -0.3 is 19.7 Å². The average molecular weight is 361 g/mol. The Hall–Kier alpha value is -2.45. The lowest BCUT2D eigenvalue weighted by molar-refractivity contribution is -0.136. The normalized spacial score (nSPS) is 19.5. The van der Waals surface area contributed by atoms with Gasteiger partial charge in [-0.2, -0.15) is 0 Å². The minimum atomic E-state index is -0.599. The number of carbonyl (C=O) groups is 3. The number of piperidine rings is 1. The monoisotopic (exact) mass is 361 g/mol. The van der Waals surface area contributed by atoms with Gasteiger partial charge in [0.15, 0.2) is 0 Å². The highest BCUT2D eigenvalue weighted by Gasteiger charge is 2.39. The number of imide groups is 1. The SMILES string of the molecule is COCCOCCNc1cccc2c1CN([C@H]1CCC(=O)NC1=O)C2=O. The Morgan fingerprint density at radius 1 is 1.23 bits per heavy atom. The van der Waals surface area contributed by atoms with Crippen molar-refractivity contribution in [2.24, 2.45) is 0 Å². The maximum atomic E-state index is 12.7. The van der Waals surface area contributed by atoms with E-state index in [1.54, 1.807) is 18.1 Å². The van der Waals surface area contributed by atoms with Gasteiger partial charge in [-0.3, -0.25) is 19.7 Å². The van der Waals surface area contributed by atoms with Crippen molar-refractivity contribution in [3.8, 4) is 0 Å². The second-order valence-corrected chi connectivity index (χ2v) is 6.26. The van der Waals surface area contributed by atoms with E-state index in [4.69, 9.17) is 9.47 Å². The van der Waals surface area contributed by atoms with Crippen LogP contribution in [0.2, 0.25) is 0 Å². The largest absolute Gasteiger partial charge is 0.382 e. The molecule has 2 N–H and O–H groups in total. The van der Waals surface area contributed by atoms with Crippen molar-refractivity contribution in [2.45, 2.75) is 25.4 Å². The molecule has 0 bridgehead atoms. The van der Waals surface area contributed by atoms with Crippen molar-refractivity contribution in [2.75, 3.05) is 38.8 Å². The molecule has 1 atom stereocenters. The lowest BCUT2D eigenvalue weighted by atomic mass is 10.0. The molecule has 26 heavy (non-hydrogen) atoms. The minimum Gasteiger partial charge on any atom is -0.382 e. The van der Waals surface area contributed by atoms with Gasteiger partial charge in [0.1, 0.15) is 6.04 Å². The molecule has 1 aromatic carbocycles. The lowest BCUT2D eigenvalue weighted by Crippen LogP contribution is -2.52. The Kier molecular flexibility index (Phi) is 5.85. The summed E-state index contributed by atoms with van der Waals surface area (Å²) >= 11 is 0. The van der Waals surface area contributed by atoms with Crippen LogP contribution >= 0.6 is 0 Å². The fourth-order valence-electron chi connectivity index (χ4n) is 3.25. The number of methoxy groups -OCH3 is 1. The van der Waals surface area contributed by atoms with E-state index in [0.717, 1.165) is 11.3 Å². The number of carbonyl (C=O) groups excluding carboxylic acids is 3. The van der Waals surface area contributed by atoms with E-state index in [-0.39, 0.29) is 18.2 Å². The summed E-state index contributed by atoms with van der Waals surface area (Å²) in [7, 11) is 1.63. The van der Waals surface area contributed by atoms with E-state index in [1.807, 2.05) is 12.1 Å². The summed E-state index contributed by atoms with van der Waals surface area (Å²) in [6, 6.07) is 4.90. The van der Waals surface area contributed by atoms with Gasteiger partial charge in [-0.1, -0.05) is 6.07 Å². The quantitative estimate of drug-likeness (QED) is 0.518. The molecule has 3 rings (SSSR count). The van der Waals surface area contributed by atoms with Crippen molar-refractivity contribution in [3.05, 3.63) is 29.3 Å². The molecule has 0 saturated carbocycles. The fourth-order valence-corrected chi connectivity index (χ4v) is 3.25. The summed E-state index contributed by atoms with van der Waals surface area (Å²) in [5, 5.41) is 5.60. The number of fused-ring (bicyclic) bond motifs is 1. The first-order chi connectivity index (χ1) is 12.6. The third kappa shape index (κ3) is 3.86. The van der Waals surface area contributed by atoms with Crippen LogP contribution in [0, 0.1) is 0 Å². The molecule has 1 aromatic rings. The molecular weight excluding hydrogens is 338 g/mol. The van der Waals surface area contributed by atoms with Crippen LogP contribution in [0.15, 0.2) is 18.2 Å². The first kappa shape index (κ1) is 18.3. The van der Waals surface area contributed by atoms with Gasteiger partial charge in [0.05, 0.1) is 19.8 Å². The molecule has 3 amide bonds. The predicted molar refractivity (Wildman–Crippen MR) is 93.7 cm³/mol. The molecule has 0 aromatic heterocycles. The van der Waals surface area contributed by atoms with Gasteiger partial charge >= 0.3 is 0 Å². The number of rotatable bonds is 8. The molecule has 0 radical (unpaired) electrons. The maximum Gasteiger partial charge on any atom is 0.255 e. The first-order valence-electron chi connectivity index (χ1n) is 8.69. The van der Waals surface area contributed by atoms with Gasteiger partial charge in [0, 0.05) is 43.4 Å². The number of anilines is 1. The summed E-state index contributed by atoms with van der Waals surface area (Å²) in [6.45, 7) is 2.57. The van der Waals surface area contributed by atoms with Crippen LogP contribution in [0.4, 0.5) is 5.69 Å². The lowest BCUT2D eigenvalue weighted by Gasteiger charge is -2.29. The van der Waals surface area contributed by atoms with Crippen molar-refractivity contribution in [1.82, 2.24) is 10.2 Å². The zero-order valence-corrected chi connectivity index (χ0v) is 14.7. The Balaban J connectivity index is 1.64. The standard InChI is InChI=1S/C18H23N3O5/c1-25-9-10-26-8-7-19-14-4-2-3-12-13(14)11-21(18(12)24)15-5-6-16(22)20-17(15)23/h2-4,15,19H,5-11H2,1H3,(H,20,22,23)/t15-/m0/s1. The Morgan fingerprint density at radius 2 is 2.08 bits per heavy atom. The van der Waals surface area contributed by atoms with Crippen LogP contribution < -0.4 is 10.6 Å². The van der Waals surface area contributed by atoms with Crippen LogP contribution in [0.5, 0.6) is 0 Å². The Labute approximate surface area is 151 Å². The fraction of sp³-hybridized carbons (Fsp3) is 0.500. The Morgan fingerprint density at radius 3 is 2.85 bits per heavy atom. The molecule has 8 nitrogen and oxygen atoms in total. The first-order valence-corrected chi connectivity index (χ1v) is 8.69. The van der Waals surface area contributed by atoms with Gasteiger partial charge in [-0.25, -0.2) is 0 Å². The third-order valence-corrected chi connectivity index (χ3v) is 4.58. The second-order valence-electron chi connectivity index (χ2n) is 6.26. The van der Waals surface area contributed by atoms with E-state index in [9.17, 15) is 14.4 Å². The molecule has 2 aliphatic rings. The predicted octanol–water partition coefficient (Wildman–Crippen LogP) is 0.523. The van der Waals surface area contributed by atoms with E-state index in [1.165, 1.54) is 0 Å². The van der Waals surface area contributed by atoms with Crippen LogP contribution in [-0.2, 0) is 25.6 Å². The maximum absolute atomic E-state index is 12.7. The van der Waals surface area contributed by atoms with Crippen LogP contribution in [0.3, 0.4) is 0 Å². The second kappa shape index (κ2) is 8.29. The van der Waals surface area contributed by atoms with Crippen molar-refractivity contribution < 1.29 is 23.9 Å². The van der Waals surface area contributed by atoms with E-state index < -0.39 is 11.9 Å². The van der Waals surface area contributed by atoms with Gasteiger partial charge in [0.2, 0.25) is 11.8 Å². The highest BCUT2D eigenvalue weighted by atomic mass is 16.5. The molecule has 140 valence electrons. The molecule has 2 aliphatic heterocycles. The molecule has 2 heterocycles. The van der Waals surface area contributed by atoms with E-state index >= 15 is 0 Å². The molecule has 0 aliphatic carbocycles. The highest BCUT2D eigenvalue weighted by Crippen LogP contribution is 2.32. The summed E-state index contributed by atoms with van der Waals surface area (Å²) < 4.78 is 10.3. The van der Waals surface area contributed by atoms with E-state index in [0.29, 0.717) is 44.9 Å². The minimum absolute atomic E-state index is 0.172. The van der Waals surface area contributed by atoms with E-state index in [2.05, 4.69) is 10.6 Å². The smallest absolute Gasteiger partial charge is 0.255 e. The molecule has 1 saturated heterocycles. The average Bonchev–Trinajstić information content (AvgIpc) is 2.96. The topological polar surface area (TPSA) is 97.0 Å². The zero-order valence-electron chi connectivity index (χ0n) is 14.7. The van der Waals surface area contributed by atoms with Crippen LogP contribution in [0.1, 0.15) is 28.8 Å². The van der Waals surface area contributed by atoms with Gasteiger partial charge in [0.25, 0.3) is 5.91 Å². The number of ether oxygens (including phenoxy) is 2. The van der Waals surface area contributed by atoms with Crippen molar-refractivity contribution in [3.63, 3.8) is 0 Å². The summed E-state index contributed by atoms with van der Waals surface area (Å²) in [4.78, 5) is 37.7. The third-order valence-electron chi connectivity index (χ3n) is 4.58. The number of amides is 3. The number of nitrogens with one attached hydrogen (secondary N) is 2. The van der Waals surface area contributed by atoms with Crippen LogP contribution in [-0.4, -0.2) is 62.1 Å². The molecular formula is C18H23N3O5. The number of hydrogen-bond acceptors (Lipinski definition) is 6. The van der Waals surface area contributed by atoms with Crippen molar-refractivity contribution >= 4 is 23.4 Å². The molecule has 0 spiro atoms. The molecule has 8 heteroatoms.